The summed E-state index contributed by atoms with van der Waals surface area (Å²) in [6.07, 6.45) is -2.56. The van der Waals surface area contributed by atoms with Gasteiger partial charge in [0.2, 0.25) is 5.91 Å². The van der Waals surface area contributed by atoms with E-state index in [2.05, 4.69) is 21.2 Å². The molecule has 0 heterocycles. The molecular formula is C12H14BrClF2N2O2. The van der Waals surface area contributed by atoms with Gasteiger partial charge in [0, 0.05) is 11.0 Å². The van der Waals surface area contributed by atoms with Crippen molar-refractivity contribution in [3.05, 3.63) is 27.7 Å². The second-order valence-corrected chi connectivity index (χ2v) is 5.35. The van der Waals surface area contributed by atoms with Gasteiger partial charge in [0.15, 0.2) is 0 Å². The van der Waals surface area contributed by atoms with Crippen molar-refractivity contribution < 1.29 is 18.7 Å². The van der Waals surface area contributed by atoms with Gasteiger partial charge in [-0.15, -0.1) is 0 Å². The van der Waals surface area contributed by atoms with Crippen LogP contribution in [0.2, 0.25) is 5.02 Å². The first-order valence-electron chi connectivity index (χ1n) is 5.78. The summed E-state index contributed by atoms with van der Waals surface area (Å²) in [5.74, 6) is -0.469. The van der Waals surface area contributed by atoms with Crippen LogP contribution >= 0.6 is 27.5 Å². The number of anilines is 1. The average molecular weight is 372 g/mol. The van der Waals surface area contributed by atoms with E-state index < -0.39 is 18.9 Å². The molecule has 8 heteroatoms. The number of halogens is 4. The molecule has 20 heavy (non-hydrogen) atoms. The quantitative estimate of drug-likeness (QED) is 0.775. The van der Waals surface area contributed by atoms with Gasteiger partial charge in [-0.3, -0.25) is 9.69 Å². The molecule has 0 aliphatic carbocycles. The Morgan fingerprint density at radius 3 is 2.75 bits per heavy atom. The number of aliphatic hydroxyl groups excluding tert-OH is 1. The molecule has 0 saturated carbocycles. The van der Waals surface area contributed by atoms with Crippen LogP contribution in [0.4, 0.5) is 14.5 Å². The van der Waals surface area contributed by atoms with Gasteiger partial charge in [0.05, 0.1) is 30.4 Å². The number of rotatable bonds is 7. The van der Waals surface area contributed by atoms with E-state index in [9.17, 15) is 13.6 Å². The third-order valence-corrected chi connectivity index (χ3v) is 3.19. The largest absolute Gasteiger partial charge is 0.395 e. The Bertz CT molecular complexity index is 463. The molecule has 0 aliphatic rings. The first-order valence-corrected chi connectivity index (χ1v) is 6.95. The molecule has 1 amide bonds. The Labute approximate surface area is 128 Å². The average Bonchev–Trinajstić information content (AvgIpc) is 2.32. The summed E-state index contributed by atoms with van der Waals surface area (Å²) < 4.78 is 25.4. The molecule has 2 N–H and O–H groups in total. The van der Waals surface area contributed by atoms with Crippen LogP contribution in [0.25, 0.3) is 0 Å². The van der Waals surface area contributed by atoms with E-state index in [0.29, 0.717) is 10.7 Å². The van der Waals surface area contributed by atoms with Crippen molar-refractivity contribution in [1.82, 2.24) is 4.90 Å². The second-order valence-electron chi connectivity index (χ2n) is 4.02. The van der Waals surface area contributed by atoms with Gasteiger partial charge in [-0.1, -0.05) is 27.5 Å². The SMILES string of the molecule is O=C(CN(CCO)CC(F)F)Nc1ccc(Br)cc1Cl. The Kier molecular flexibility index (Phi) is 7.36. The zero-order chi connectivity index (χ0) is 15.1. The fourth-order valence-electron chi connectivity index (χ4n) is 1.56. The van der Waals surface area contributed by atoms with Crippen LogP contribution < -0.4 is 5.32 Å². The van der Waals surface area contributed by atoms with Crippen LogP contribution in [0.3, 0.4) is 0 Å². The molecule has 1 rings (SSSR count). The molecule has 1 aromatic carbocycles. The lowest BCUT2D eigenvalue weighted by Crippen LogP contribution is -2.38. The molecule has 112 valence electrons. The van der Waals surface area contributed by atoms with Crippen LogP contribution in [0.5, 0.6) is 0 Å². The van der Waals surface area contributed by atoms with Gasteiger partial charge in [0.1, 0.15) is 0 Å². The zero-order valence-electron chi connectivity index (χ0n) is 10.5. The molecule has 0 spiro atoms. The number of carbonyl (C=O) groups is 1. The topological polar surface area (TPSA) is 52.6 Å². The molecule has 0 unspecified atom stereocenters. The Morgan fingerprint density at radius 1 is 1.50 bits per heavy atom. The van der Waals surface area contributed by atoms with Gasteiger partial charge < -0.3 is 10.4 Å². The number of benzene rings is 1. The molecular weight excluding hydrogens is 357 g/mol. The molecule has 0 aliphatic heterocycles. The summed E-state index contributed by atoms with van der Waals surface area (Å²) in [6.45, 7) is -1.09. The van der Waals surface area contributed by atoms with E-state index in [4.69, 9.17) is 16.7 Å². The summed E-state index contributed by atoms with van der Waals surface area (Å²) in [4.78, 5) is 12.9. The van der Waals surface area contributed by atoms with Crippen molar-refractivity contribution >= 4 is 39.1 Å². The highest BCUT2D eigenvalue weighted by Gasteiger charge is 2.16. The number of hydrogen-bond acceptors (Lipinski definition) is 3. The minimum Gasteiger partial charge on any atom is -0.395 e. The third kappa shape index (κ3) is 6.13. The van der Waals surface area contributed by atoms with Gasteiger partial charge in [-0.25, -0.2) is 8.78 Å². The molecule has 0 aromatic heterocycles. The second kappa shape index (κ2) is 8.51. The lowest BCUT2D eigenvalue weighted by molar-refractivity contribution is -0.117. The fourth-order valence-corrected chi connectivity index (χ4v) is 2.28. The maximum atomic E-state index is 12.3. The van der Waals surface area contributed by atoms with Crippen LogP contribution in [-0.4, -0.2) is 48.6 Å². The summed E-state index contributed by atoms with van der Waals surface area (Å²) in [5.41, 5.74) is 0.404. The van der Waals surface area contributed by atoms with Crippen molar-refractivity contribution in [2.24, 2.45) is 0 Å². The predicted molar refractivity (Wildman–Crippen MR) is 77.3 cm³/mol. The molecule has 1 aromatic rings. The summed E-state index contributed by atoms with van der Waals surface area (Å²) >= 11 is 9.17. The van der Waals surface area contributed by atoms with Crippen molar-refractivity contribution in [1.29, 1.82) is 0 Å². The molecule has 0 atom stereocenters. The summed E-state index contributed by atoms with van der Waals surface area (Å²) in [7, 11) is 0. The van der Waals surface area contributed by atoms with E-state index in [1.54, 1.807) is 18.2 Å². The maximum absolute atomic E-state index is 12.3. The normalized spacial score (nSPS) is 11.2. The number of alkyl halides is 2. The number of aliphatic hydroxyl groups is 1. The minimum absolute atomic E-state index is 0.00578. The van der Waals surface area contributed by atoms with Gasteiger partial charge in [-0.05, 0) is 18.2 Å². The van der Waals surface area contributed by atoms with Gasteiger partial charge >= 0.3 is 0 Å². The highest BCUT2D eigenvalue weighted by atomic mass is 79.9. The van der Waals surface area contributed by atoms with Crippen LogP contribution in [0.1, 0.15) is 0 Å². The van der Waals surface area contributed by atoms with Crippen LogP contribution in [-0.2, 0) is 4.79 Å². The molecule has 0 fully saturated rings. The minimum atomic E-state index is -2.56. The first kappa shape index (κ1) is 17.3. The lowest BCUT2D eigenvalue weighted by Gasteiger charge is -2.20. The number of nitrogens with zero attached hydrogens (tertiary/aromatic N) is 1. The highest BCUT2D eigenvalue weighted by Crippen LogP contribution is 2.25. The molecule has 4 nitrogen and oxygen atoms in total. The number of carbonyl (C=O) groups excluding carboxylic acids is 1. The smallest absolute Gasteiger partial charge is 0.251 e. The van der Waals surface area contributed by atoms with Crippen molar-refractivity contribution in [2.75, 3.05) is 31.6 Å². The lowest BCUT2D eigenvalue weighted by atomic mass is 10.3. The molecule has 0 bridgehead atoms. The summed E-state index contributed by atoms with van der Waals surface area (Å²) in [6, 6.07) is 4.92. The van der Waals surface area contributed by atoms with E-state index >= 15 is 0 Å². The van der Waals surface area contributed by atoms with E-state index in [1.807, 2.05) is 0 Å². The van der Waals surface area contributed by atoms with Gasteiger partial charge in [0.25, 0.3) is 6.43 Å². The summed E-state index contributed by atoms with van der Waals surface area (Å²) in [5, 5.41) is 11.7. The van der Waals surface area contributed by atoms with Gasteiger partial charge in [-0.2, -0.15) is 0 Å². The van der Waals surface area contributed by atoms with Crippen molar-refractivity contribution in [2.45, 2.75) is 6.43 Å². The van der Waals surface area contributed by atoms with E-state index in [-0.39, 0.29) is 19.7 Å². The first-order chi connectivity index (χ1) is 9.42. The predicted octanol–water partition coefficient (Wildman–Crippen LogP) is 2.60. The van der Waals surface area contributed by atoms with Crippen molar-refractivity contribution in [3.63, 3.8) is 0 Å². The maximum Gasteiger partial charge on any atom is 0.251 e. The van der Waals surface area contributed by atoms with Crippen LogP contribution in [0, 0.1) is 0 Å². The third-order valence-electron chi connectivity index (χ3n) is 2.38. The van der Waals surface area contributed by atoms with Crippen molar-refractivity contribution in [3.8, 4) is 0 Å². The number of nitrogens with one attached hydrogen (secondary N) is 1. The number of amides is 1. The highest BCUT2D eigenvalue weighted by molar-refractivity contribution is 9.10. The Morgan fingerprint density at radius 2 is 2.20 bits per heavy atom. The molecule has 0 radical (unpaired) electrons. The fraction of sp³-hybridized carbons (Fsp3) is 0.417. The Hall–Kier alpha value is -0.760. The molecule has 0 saturated heterocycles. The monoisotopic (exact) mass is 370 g/mol. The standard InChI is InChI=1S/C12H14BrClF2N2O2/c13-8-1-2-10(9(14)5-8)17-12(20)7-18(3-4-19)6-11(15)16/h1-2,5,11,19H,3-4,6-7H2,(H,17,20). The number of hydrogen-bond donors (Lipinski definition) is 2. The zero-order valence-corrected chi connectivity index (χ0v) is 12.8. The van der Waals surface area contributed by atoms with E-state index in [1.165, 1.54) is 4.90 Å². The Balaban J connectivity index is 2.60. The van der Waals surface area contributed by atoms with Crippen LogP contribution in [0.15, 0.2) is 22.7 Å². The van der Waals surface area contributed by atoms with E-state index in [0.717, 1.165) is 4.47 Å².